The van der Waals surface area contributed by atoms with Crippen LogP contribution in [0.4, 0.5) is 5.82 Å². The van der Waals surface area contributed by atoms with E-state index < -0.39 is 23.1 Å². The minimum absolute atomic E-state index is 0.0878. The second-order valence-corrected chi connectivity index (χ2v) is 7.04. The van der Waals surface area contributed by atoms with Crippen molar-refractivity contribution in [3.8, 4) is 0 Å². The van der Waals surface area contributed by atoms with E-state index >= 15 is 0 Å². The van der Waals surface area contributed by atoms with Crippen molar-refractivity contribution in [2.45, 2.75) is 25.7 Å². The van der Waals surface area contributed by atoms with Crippen LogP contribution >= 0.6 is 0 Å². The maximum Gasteiger partial charge on any atom is 0.329 e. The largest absolute Gasteiger partial charge is 0.459 e. The third-order valence-corrected chi connectivity index (χ3v) is 5.16. The first-order valence-corrected chi connectivity index (χ1v) is 8.55. The highest BCUT2D eigenvalue weighted by Crippen LogP contribution is 2.42. The van der Waals surface area contributed by atoms with Gasteiger partial charge in [-0.15, -0.1) is 0 Å². The average molecular weight is 353 g/mol. The lowest BCUT2D eigenvalue weighted by Crippen LogP contribution is -2.38. The zero-order valence-electron chi connectivity index (χ0n) is 14.8. The van der Waals surface area contributed by atoms with Crippen molar-refractivity contribution in [3.05, 3.63) is 61.8 Å². The molecule has 2 atom stereocenters. The minimum Gasteiger partial charge on any atom is -0.459 e. The number of nitrogens with zero attached hydrogens (tertiary/aromatic N) is 2. The van der Waals surface area contributed by atoms with Crippen molar-refractivity contribution in [3.63, 3.8) is 0 Å². The van der Waals surface area contributed by atoms with Crippen LogP contribution in [0.5, 0.6) is 0 Å². The fourth-order valence-electron chi connectivity index (χ4n) is 3.68. The molecule has 0 aliphatic carbocycles. The number of esters is 1. The van der Waals surface area contributed by atoms with Gasteiger partial charge in [0.25, 0.3) is 5.56 Å². The molecule has 2 aromatic rings. The first-order valence-electron chi connectivity index (χ1n) is 8.55. The highest BCUT2D eigenvalue weighted by Gasteiger charge is 2.46. The van der Waals surface area contributed by atoms with Crippen LogP contribution in [0.1, 0.15) is 42.4 Å². The molecule has 134 valence electrons. The van der Waals surface area contributed by atoms with E-state index in [1.165, 1.54) is 10.1 Å². The van der Waals surface area contributed by atoms with Crippen LogP contribution in [0, 0.1) is 5.92 Å². The Kier molecular flexibility index (Phi) is 3.68. The fraction of sp³-hybridized carbons (Fsp3) is 0.368. The van der Waals surface area contributed by atoms with Gasteiger partial charge in [0.1, 0.15) is 18.3 Å². The Hall–Kier alpha value is -2.96. The molecule has 26 heavy (non-hydrogen) atoms. The highest BCUT2D eigenvalue weighted by molar-refractivity contribution is 6.10. The van der Waals surface area contributed by atoms with Gasteiger partial charge in [0.05, 0.1) is 11.3 Å². The van der Waals surface area contributed by atoms with E-state index in [-0.39, 0.29) is 12.6 Å². The van der Waals surface area contributed by atoms with Crippen LogP contribution in [-0.4, -0.2) is 27.8 Å². The Bertz CT molecular complexity index is 1040. The van der Waals surface area contributed by atoms with Gasteiger partial charge in [-0.2, -0.15) is 0 Å². The van der Waals surface area contributed by atoms with Crippen molar-refractivity contribution >= 4 is 17.5 Å². The van der Waals surface area contributed by atoms with E-state index in [4.69, 9.17) is 4.74 Å². The van der Waals surface area contributed by atoms with E-state index in [1.807, 2.05) is 24.3 Å². The quantitative estimate of drug-likeness (QED) is 0.830. The smallest absolute Gasteiger partial charge is 0.329 e. The number of aromatic nitrogens is 2. The van der Waals surface area contributed by atoms with Gasteiger partial charge in [-0.05, 0) is 17.0 Å². The molecule has 4 rings (SSSR count). The van der Waals surface area contributed by atoms with Gasteiger partial charge in [0.15, 0.2) is 0 Å². The normalized spacial score (nSPS) is 21.2. The van der Waals surface area contributed by atoms with Gasteiger partial charge in [-0.3, -0.25) is 19.1 Å². The minimum atomic E-state index is -0.633. The van der Waals surface area contributed by atoms with Crippen LogP contribution < -0.4 is 11.2 Å². The molecule has 3 heterocycles. The molecule has 7 nitrogen and oxygen atoms in total. The van der Waals surface area contributed by atoms with E-state index in [0.717, 1.165) is 5.56 Å². The van der Waals surface area contributed by atoms with Gasteiger partial charge < -0.3 is 4.74 Å². The molecule has 1 aromatic carbocycles. The summed E-state index contributed by atoms with van der Waals surface area (Å²) < 4.78 is 6.49. The zero-order chi connectivity index (χ0) is 18.6. The molecule has 2 aliphatic heterocycles. The number of aliphatic imine (C=N–C) groups is 1. The molecule has 1 fully saturated rings. The summed E-state index contributed by atoms with van der Waals surface area (Å²) in [7, 11) is 1.55. The van der Waals surface area contributed by atoms with Crippen molar-refractivity contribution in [1.29, 1.82) is 0 Å². The van der Waals surface area contributed by atoms with Gasteiger partial charge in [-0.1, -0.05) is 38.1 Å². The third-order valence-electron chi connectivity index (χ3n) is 5.16. The molecule has 1 aromatic heterocycles. The summed E-state index contributed by atoms with van der Waals surface area (Å²) in [5, 5.41) is 0. The monoisotopic (exact) mass is 353 g/mol. The summed E-state index contributed by atoms with van der Waals surface area (Å²) in [6.07, 6.45) is 0. The molecule has 2 unspecified atom stereocenters. The van der Waals surface area contributed by atoms with Gasteiger partial charge in [0.2, 0.25) is 0 Å². The number of cyclic esters (lactones) is 1. The summed E-state index contributed by atoms with van der Waals surface area (Å²) in [5.41, 5.74) is 1.84. The summed E-state index contributed by atoms with van der Waals surface area (Å²) in [4.78, 5) is 43.7. The zero-order valence-corrected chi connectivity index (χ0v) is 14.8. The van der Waals surface area contributed by atoms with Crippen LogP contribution in [0.15, 0.2) is 38.8 Å². The summed E-state index contributed by atoms with van der Waals surface area (Å²) >= 11 is 0. The van der Waals surface area contributed by atoms with Crippen molar-refractivity contribution < 1.29 is 9.53 Å². The topological polar surface area (TPSA) is 93.5 Å². The summed E-state index contributed by atoms with van der Waals surface area (Å²) in [6.45, 7) is 4.29. The Labute approximate surface area is 149 Å². The highest BCUT2D eigenvalue weighted by atomic mass is 16.5. The van der Waals surface area contributed by atoms with E-state index in [1.54, 1.807) is 7.05 Å². The Morgan fingerprint density at radius 1 is 1.15 bits per heavy atom. The van der Waals surface area contributed by atoms with Crippen molar-refractivity contribution in [1.82, 2.24) is 9.55 Å². The van der Waals surface area contributed by atoms with Crippen LogP contribution in [0.25, 0.3) is 0 Å². The number of H-pyrrole nitrogens is 1. The van der Waals surface area contributed by atoms with Crippen LogP contribution in [0.3, 0.4) is 0 Å². The second kappa shape index (κ2) is 5.79. The predicted molar refractivity (Wildman–Crippen MR) is 96.2 cm³/mol. The lowest BCUT2D eigenvalue weighted by molar-refractivity contribution is -0.141. The van der Waals surface area contributed by atoms with Crippen molar-refractivity contribution in [2.75, 3.05) is 6.61 Å². The standard InChI is InChI=1S/C19H19N3O4/c1-9(2)10-4-6-11(7-5-10)13-14-12(8-26-18(14)24)20-16-15(13)17(23)21-19(25)22(16)3/h4-7,9,13-14H,8H2,1-3H3,(H,21,23,25). The first kappa shape index (κ1) is 16.5. The van der Waals surface area contributed by atoms with Crippen molar-refractivity contribution in [2.24, 2.45) is 18.0 Å². The molecular formula is C19H19N3O4. The number of hydrogen-bond donors (Lipinski definition) is 1. The van der Waals surface area contributed by atoms with Gasteiger partial charge in [0, 0.05) is 13.0 Å². The summed E-state index contributed by atoms with van der Waals surface area (Å²) in [6, 6.07) is 7.87. The molecular weight excluding hydrogens is 334 g/mol. The summed E-state index contributed by atoms with van der Waals surface area (Å²) in [5.74, 6) is -0.877. The number of carbonyl (C=O) groups is 1. The number of fused-ring (bicyclic) bond motifs is 2. The fourth-order valence-corrected chi connectivity index (χ4v) is 3.68. The maximum atomic E-state index is 12.6. The second-order valence-electron chi connectivity index (χ2n) is 7.04. The molecule has 2 aliphatic rings. The Morgan fingerprint density at radius 2 is 1.85 bits per heavy atom. The third kappa shape index (κ3) is 2.34. The number of benzene rings is 1. The molecule has 0 bridgehead atoms. The molecule has 0 amide bonds. The molecule has 1 saturated heterocycles. The van der Waals surface area contributed by atoms with Gasteiger partial charge in [-0.25, -0.2) is 9.79 Å². The number of hydrogen-bond acceptors (Lipinski definition) is 5. The number of ether oxygens (including phenoxy) is 1. The lowest BCUT2D eigenvalue weighted by atomic mass is 9.77. The van der Waals surface area contributed by atoms with E-state index in [0.29, 0.717) is 23.0 Å². The molecule has 1 N–H and O–H groups in total. The predicted octanol–water partition coefficient (Wildman–Crippen LogP) is 1.59. The number of carbonyl (C=O) groups excluding carboxylic acids is 1. The maximum absolute atomic E-state index is 12.6. The number of nitrogens with one attached hydrogen (secondary N) is 1. The average Bonchev–Trinajstić information content (AvgIpc) is 2.99. The number of rotatable bonds is 2. The number of aromatic amines is 1. The molecule has 0 spiro atoms. The van der Waals surface area contributed by atoms with Crippen LogP contribution in [-0.2, 0) is 16.6 Å². The first-order chi connectivity index (χ1) is 12.4. The van der Waals surface area contributed by atoms with Gasteiger partial charge >= 0.3 is 11.7 Å². The molecule has 7 heteroatoms. The SMILES string of the molecule is CC(C)c1ccc(C2c3c(n(C)c(=O)[nH]c3=O)N=C3COC(=O)C32)cc1. The Morgan fingerprint density at radius 3 is 2.50 bits per heavy atom. The lowest BCUT2D eigenvalue weighted by Gasteiger charge is -2.27. The molecule has 0 saturated carbocycles. The van der Waals surface area contributed by atoms with E-state index in [9.17, 15) is 14.4 Å². The van der Waals surface area contributed by atoms with E-state index in [2.05, 4.69) is 23.8 Å². The Balaban J connectivity index is 1.97. The van der Waals surface area contributed by atoms with Crippen LogP contribution in [0.2, 0.25) is 0 Å². The molecule has 0 radical (unpaired) electrons.